The number of imidazole rings is 1. The smallest absolute Gasteiger partial charge is 0.290 e. The van der Waals surface area contributed by atoms with E-state index in [-0.39, 0.29) is 17.5 Å². The highest BCUT2D eigenvalue weighted by molar-refractivity contribution is 6.02. The number of aromatic nitrogens is 2. The lowest BCUT2D eigenvalue weighted by molar-refractivity contribution is 0.0670. The third kappa shape index (κ3) is 3.04. The van der Waals surface area contributed by atoms with Crippen molar-refractivity contribution in [2.75, 3.05) is 19.6 Å². The predicted octanol–water partition coefficient (Wildman–Crippen LogP) is 2.12. The normalized spacial score (nSPS) is 17.7. The van der Waals surface area contributed by atoms with Crippen LogP contribution in [0.5, 0.6) is 0 Å². The molecule has 3 heterocycles. The molecule has 126 valence electrons. The Labute approximate surface area is 141 Å². The summed E-state index contributed by atoms with van der Waals surface area (Å²) >= 11 is 0. The van der Waals surface area contributed by atoms with Gasteiger partial charge in [0.15, 0.2) is 5.69 Å². The monoisotopic (exact) mass is 326 g/mol. The summed E-state index contributed by atoms with van der Waals surface area (Å²) in [6.45, 7) is 7.57. The number of carbonyl (C=O) groups excluding carboxylic acids is 2. The fraction of sp³-hybridized carbons (Fsp3) is 0.389. The Balaban J connectivity index is 1.97. The van der Waals surface area contributed by atoms with Gasteiger partial charge >= 0.3 is 0 Å². The molecule has 1 aliphatic rings. The minimum atomic E-state index is -0.301. The lowest BCUT2D eigenvalue weighted by Gasteiger charge is -2.30. The zero-order chi connectivity index (χ0) is 17.1. The van der Waals surface area contributed by atoms with Gasteiger partial charge in [0.05, 0.1) is 5.52 Å². The number of likely N-dealkylation sites (tertiary alicyclic amines) is 1. The number of hydrogen-bond acceptors (Lipinski definition) is 3. The second-order valence-corrected chi connectivity index (χ2v) is 6.24. The lowest BCUT2D eigenvalue weighted by Crippen LogP contribution is -2.40. The van der Waals surface area contributed by atoms with Gasteiger partial charge in [-0.1, -0.05) is 19.1 Å². The fourth-order valence-corrected chi connectivity index (χ4v) is 3.12. The van der Waals surface area contributed by atoms with Crippen LogP contribution in [0.1, 0.15) is 40.9 Å². The molecule has 0 saturated carbocycles. The van der Waals surface area contributed by atoms with Gasteiger partial charge in [0.2, 0.25) is 5.82 Å². The van der Waals surface area contributed by atoms with E-state index in [1.807, 2.05) is 17.0 Å². The summed E-state index contributed by atoms with van der Waals surface area (Å²) in [6, 6.07) is 5.46. The van der Waals surface area contributed by atoms with Crippen LogP contribution in [0.25, 0.3) is 5.52 Å². The van der Waals surface area contributed by atoms with E-state index in [9.17, 15) is 9.59 Å². The van der Waals surface area contributed by atoms with Crippen LogP contribution in [0.3, 0.4) is 0 Å². The Morgan fingerprint density at radius 1 is 1.46 bits per heavy atom. The zero-order valence-electron chi connectivity index (χ0n) is 13.9. The minimum Gasteiger partial charge on any atom is -0.347 e. The van der Waals surface area contributed by atoms with Crippen molar-refractivity contribution < 1.29 is 9.59 Å². The average molecular weight is 326 g/mol. The summed E-state index contributed by atoms with van der Waals surface area (Å²) in [6.07, 6.45) is 5.52. The first-order valence-electron chi connectivity index (χ1n) is 8.27. The molecule has 3 rings (SSSR count). The third-order valence-electron chi connectivity index (χ3n) is 4.31. The number of hydrogen-bond donors (Lipinski definition) is 1. The molecule has 0 bridgehead atoms. The SMILES string of the molecule is C=CCNC(=O)c1nc(C(=O)N2CCCC(C)C2)n2ccccc12. The van der Waals surface area contributed by atoms with Gasteiger partial charge in [-0.15, -0.1) is 6.58 Å². The Morgan fingerprint density at radius 3 is 3.04 bits per heavy atom. The molecule has 24 heavy (non-hydrogen) atoms. The van der Waals surface area contributed by atoms with Crippen molar-refractivity contribution in [2.24, 2.45) is 5.92 Å². The van der Waals surface area contributed by atoms with Crippen molar-refractivity contribution in [3.8, 4) is 0 Å². The fourth-order valence-electron chi connectivity index (χ4n) is 3.12. The van der Waals surface area contributed by atoms with Crippen molar-refractivity contribution in [3.63, 3.8) is 0 Å². The summed E-state index contributed by atoms with van der Waals surface area (Å²) in [5.74, 6) is 0.364. The Hall–Kier alpha value is -2.63. The molecule has 1 aliphatic heterocycles. The number of piperidine rings is 1. The maximum absolute atomic E-state index is 12.9. The number of carbonyl (C=O) groups is 2. The highest BCUT2D eigenvalue weighted by Gasteiger charge is 2.27. The second kappa shape index (κ2) is 6.86. The Bertz CT molecular complexity index is 780. The molecule has 2 aromatic heterocycles. The van der Waals surface area contributed by atoms with E-state index in [4.69, 9.17) is 0 Å². The lowest BCUT2D eigenvalue weighted by atomic mass is 10.0. The molecular formula is C18H22N4O2. The summed E-state index contributed by atoms with van der Waals surface area (Å²) in [7, 11) is 0. The highest BCUT2D eigenvalue weighted by atomic mass is 16.2. The molecule has 0 radical (unpaired) electrons. The standard InChI is InChI=1S/C18H22N4O2/c1-3-9-19-17(23)15-14-8-4-5-11-22(14)16(20-15)18(24)21-10-6-7-13(2)12-21/h3-5,8,11,13H,1,6-7,9-10,12H2,2H3,(H,19,23). The number of rotatable bonds is 4. The third-order valence-corrected chi connectivity index (χ3v) is 4.31. The number of amides is 2. The van der Waals surface area contributed by atoms with Crippen molar-refractivity contribution in [1.29, 1.82) is 0 Å². The molecular weight excluding hydrogens is 304 g/mol. The Morgan fingerprint density at radius 2 is 2.29 bits per heavy atom. The van der Waals surface area contributed by atoms with Crippen LogP contribution in [0, 0.1) is 5.92 Å². The maximum Gasteiger partial charge on any atom is 0.290 e. The van der Waals surface area contributed by atoms with E-state index in [0.717, 1.165) is 25.9 Å². The van der Waals surface area contributed by atoms with Gasteiger partial charge in [-0.2, -0.15) is 0 Å². The van der Waals surface area contributed by atoms with E-state index in [0.29, 0.717) is 23.8 Å². The number of fused-ring (bicyclic) bond motifs is 1. The molecule has 0 aliphatic carbocycles. The van der Waals surface area contributed by atoms with Crippen molar-refractivity contribution >= 4 is 17.3 Å². The van der Waals surface area contributed by atoms with E-state index >= 15 is 0 Å². The van der Waals surface area contributed by atoms with Crippen LogP contribution in [-0.4, -0.2) is 45.7 Å². The van der Waals surface area contributed by atoms with Gasteiger partial charge in [-0.3, -0.25) is 14.0 Å². The molecule has 6 heteroatoms. The zero-order valence-corrected chi connectivity index (χ0v) is 13.9. The molecule has 1 saturated heterocycles. The number of nitrogens with one attached hydrogen (secondary N) is 1. The van der Waals surface area contributed by atoms with Gasteiger partial charge in [0, 0.05) is 25.8 Å². The molecule has 0 aromatic carbocycles. The van der Waals surface area contributed by atoms with Crippen molar-refractivity contribution in [1.82, 2.24) is 19.6 Å². The largest absolute Gasteiger partial charge is 0.347 e. The molecule has 0 spiro atoms. The highest BCUT2D eigenvalue weighted by Crippen LogP contribution is 2.20. The minimum absolute atomic E-state index is 0.120. The van der Waals surface area contributed by atoms with Crippen LogP contribution < -0.4 is 5.32 Å². The summed E-state index contributed by atoms with van der Waals surface area (Å²) in [5, 5.41) is 2.72. The first-order valence-corrected chi connectivity index (χ1v) is 8.27. The molecule has 6 nitrogen and oxygen atoms in total. The summed E-state index contributed by atoms with van der Waals surface area (Å²) in [5.41, 5.74) is 0.901. The van der Waals surface area contributed by atoms with E-state index in [2.05, 4.69) is 23.8 Å². The van der Waals surface area contributed by atoms with Crippen LogP contribution in [0.15, 0.2) is 37.1 Å². The van der Waals surface area contributed by atoms with Gasteiger partial charge in [0.25, 0.3) is 11.8 Å². The number of nitrogens with zero attached hydrogens (tertiary/aromatic N) is 3. The van der Waals surface area contributed by atoms with Crippen molar-refractivity contribution in [3.05, 3.63) is 48.6 Å². The average Bonchev–Trinajstić information content (AvgIpc) is 2.99. The van der Waals surface area contributed by atoms with E-state index in [1.165, 1.54) is 0 Å². The first-order chi connectivity index (χ1) is 11.6. The van der Waals surface area contributed by atoms with Crippen LogP contribution in [0.2, 0.25) is 0 Å². The van der Waals surface area contributed by atoms with Gasteiger partial charge in [0.1, 0.15) is 0 Å². The quantitative estimate of drug-likeness (QED) is 0.875. The predicted molar refractivity (Wildman–Crippen MR) is 92.0 cm³/mol. The topological polar surface area (TPSA) is 66.7 Å². The van der Waals surface area contributed by atoms with Gasteiger partial charge in [-0.25, -0.2) is 4.98 Å². The van der Waals surface area contributed by atoms with Crippen molar-refractivity contribution in [2.45, 2.75) is 19.8 Å². The first kappa shape index (κ1) is 16.2. The van der Waals surface area contributed by atoms with Crippen LogP contribution >= 0.6 is 0 Å². The van der Waals surface area contributed by atoms with Gasteiger partial charge in [-0.05, 0) is 30.9 Å². The molecule has 1 N–H and O–H groups in total. The van der Waals surface area contributed by atoms with E-state index in [1.54, 1.807) is 22.7 Å². The molecule has 2 aromatic rings. The molecule has 2 amide bonds. The maximum atomic E-state index is 12.9. The second-order valence-electron chi connectivity index (χ2n) is 6.24. The van der Waals surface area contributed by atoms with E-state index < -0.39 is 0 Å². The van der Waals surface area contributed by atoms with Crippen LogP contribution in [-0.2, 0) is 0 Å². The summed E-state index contributed by atoms with van der Waals surface area (Å²) < 4.78 is 1.70. The Kier molecular flexibility index (Phi) is 4.64. The van der Waals surface area contributed by atoms with Gasteiger partial charge < -0.3 is 10.2 Å². The molecule has 1 unspecified atom stereocenters. The number of pyridine rings is 1. The van der Waals surface area contributed by atoms with Crippen LogP contribution in [0.4, 0.5) is 0 Å². The molecule has 1 fully saturated rings. The summed E-state index contributed by atoms with van der Waals surface area (Å²) in [4.78, 5) is 31.4. The molecule has 1 atom stereocenters.